The van der Waals surface area contributed by atoms with Gasteiger partial charge in [-0.1, -0.05) is 6.07 Å². The van der Waals surface area contributed by atoms with E-state index < -0.39 is 0 Å². The van der Waals surface area contributed by atoms with E-state index in [1.54, 1.807) is 0 Å². The summed E-state index contributed by atoms with van der Waals surface area (Å²) in [7, 11) is 1.95. The lowest BCUT2D eigenvalue weighted by atomic mass is 9.84. The van der Waals surface area contributed by atoms with Crippen LogP contribution in [0.1, 0.15) is 42.6 Å². The highest BCUT2D eigenvalue weighted by Crippen LogP contribution is 2.40. The quantitative estimate of drug-likeness (QED) is 0.846. The fraction of sp³-hybridized carbons (Fsp3) is 0.550. The van der Waals surface area contributed by atoms with Gasteiger partial charge in [-0.05, 0) is 38.3 Å². The maximum Gasteiger partial charge on any atom is 0.223 e. The van der Waals surface area contributed by atoms with Crippen LogP contribution in [0.2, 0.25) is 0 Å². The van der Waals surface area contributed by atoms with E-state index >= 15 is 0 Å². The molecule has 0 unspecified atom stereocenters. The third-order valence-corrected chi connectivity index (χ3v) is 5.90. The Labute approximate surface area is 154 Å². The van der Waals surface area contributed by atoms with Crippen molar-refractivity contribution in [1.29, 1.82) is 0 Å². The van der Waals surface area contributed by atoms with E-state index in [1.807, 2.05) is 43.0 Å². The second-order valence-electron chi connectivity index (χ2n) is 7.77. The Morgan fingerprint density at radius 3 is 2.65 bits per heavy atom. The van der Waals surface area contributed by atoms with Crippen molar-refractivity contribution in [3.05, 3.63) is 47.5 Å². The van der Waals surface area contributed by atoms with Crippen LogP contribution in [0.15, 0.2) is 30.6 Å². The summed E-state index contributed by atoms with van der Waals surface area (Å²) in [6.07, 6.45) is 7.78. The number of hydrogen-bond donors (Lipinski definition) is 0. The number of nitrogens with zero attached hydrogens (tertiary/aromatic N) is 5. The van der Waals surface area contributed by atoms with Crippen LogP contribution in [-0.4, -0.2) is 49.1 Å². The van der Waals surface area contributed by atoms with Crippen molar-refractivity contribution in [2.24, 2.45) is 7.05 Å². The Balaban J connectivity index is 1.43. The molecule has 2 saturated heterocycles. The first-order valence-electron chi connectivity index (χ1n) is 9.47. The molecule has 0 radical (unpaired) electrons. The fourth-order valence-corrected chi connectivity index (χ4v) is 4.44. The van der Waals surface area contributed by atoms with Gasteiger partial charge in [-0.25, -0.2) is 0 Å². The standard InChI is InChI=1S/C20H27N5O/c1-16-4-3-5-18(22-16)15-25-19(26)6-7-20(25)8-10-24(11-9-20)14-17-12-21-23(2)13-17/h3-5,12-13H,6-11,14-15H2,1-2H3. The molecule has 2 aromatic rings. The van der Waals surface area contributed by atoms with E-state index in [2.05, 4.69) is 26.1 Å². The van der Waals surface area contributed by atoms with Gasteiger partial charge in [0.15, 0.2) is 0 Å². The third kappa shape index (κ3) is 3.38. The van der Waals surface area contributed by atoms with Crippen LogP contribution < -0.4 is 0 Å². The highest BCUT2D eigenvalue weighted by molar-refractivity contribution is 5.79. The predicted molar refractivity (Wildman–Crippen MR) is 99.2 cm³/mol. The second kappa shape index (κ2) is 6.83. The van der Waals surface area contributed by atoms with Crippen LogP contribution >= 0.6 is 0 Å². The van der Waals surface area contributed by atoms with Crippen LogP contribution in [0.25, 0.3) is 0 Å². The summed E-state index contributed by atoms with van der Waals surface area (Å²) >= 11 is 0. The van der Waals surface area contributed by atoms with Gasteiger partial charge in [0, 0.05) is 56.1 Å². The molecule has 0 bridgehead atoms. The average molecular weight is 353 g/mol. The van der Waals surface area contributed by atoms with E-state index in [0.29, 0.717) is 13.0 Å². The number of likely N-dealkylation sites (tertiary alicyclic amines) is 2. The molecule has 138 valence electrons. The molecular formula is C20H27N5O. The number of carbonyl (C=O) groups excluding carboxylic acids is 1. The van der Waals surface area contributed by atoms with Crippen molar-refractivity contribution in [3.8, 4) is 0 Å². The lowest BCUT2D eigenvalue weighted by molar-refractivity contribution is -0.133. The van der Waals surface area contributed by atoms with E-state index in [9.17, 15) is 4.79 Å². The molecule has 6 nitrogen and oxygen atoms in total. The maximum atomic E-state index is 12.6. The minimum absolute atomic E-state index is 0.0218. The SMILES string of the molecule is Cc1cccc(CN2C(=O)CCC23CCN(Cc2cnn(C)c2)CC3)n1. The molecule has 0 aliphatic carbocycles. The number of aryl methyl sites for hydroxylation is 2. The highest BCUT2D eigenvalue weighted by Gasteiger charge is 2.46. The molecule has 1 spiro atoms. The predicted octanol–water partition coefficient (Wildman–Crippen LogP) is 2.28. The fourth-order valence-electron chi connectivity index (χ4n) is 4.44. The number of piperidine rings is 1. The van der Waals surface area contributed by atoms with Gasteiger partial charge in [0.1, 0.15) is 0 Å². The molecule has 26 heavy (non-hydrogen) atoms. The van der Waals surface area contributed by atoms with Crippen molar-refractivity contribution < 1.29 is 4.79 Å². The number of aromatic nitrogens is 3. The summed E-state index contributed by atoms with van der Waals surface area (Å²) in [5.74, 6) is 0.286. The van der Waals surface area contributed by atoms with Gasteiger partial charge < -0.3 is 4.90 Å². The maximum absolute atomic E-state index is 12.6. The number of carbonyl (C=O) groups is 1. The van der Waals surface area contributed by atoms with Gasteiger partial charge in [-0.3, -0.25) is 19.4 Å². The monoisotopic (exact) mass is 353 g/mol. The molecule has 2 aliphatic rings. The zero-order chi connectivity index (χ0) is 18.1. The summed E-state index contributed by atoms with van der Waals surface area (Å²) in [4.78, 5) is 21.8. The van der Waals surface area contributed by atoms with Gasteiger partial charge in [0.2, 0.25) is 5.91 Å². The van der Waals surface area contributed by atoms with E-state index in [-0.39, 0.29) is 11.4 Å². The lowest BCUT2D eigenvalue weighted by Gasteiger charge is -2.45. The van der Waals surface area contributed by atoms with E-state index in [1.165, 1.54) is 5.56 Å². The Hall–Kier alpha value is -2.21. The van der Waals surface area contributed by atoms with Crippen molar-refractivity contribution in [2.75, 3.05) is 13.1 Å². The molecule has 0 N–H and O–H groups in total. The number of rotatable bonds is 4. The topological polar surface area (TPSA) is 54.3 Å². The van der Waals surface area contributed by atoms with Crippen LogP contribution in [-0.2, 0) is 24.9 Å². The van der Waals surface area contributed by atoms with E-state index in [0.717, 1.165) is 50.3 Å². The largest absolute Gasteiger partial charge is 0.331 e. The molecule has 2 aromatic heterocycles. The summed E-state index contributed by atoms with van der Waals surface area (Å²) < 4.78 is 1.85. The van der Waals surface area contributed by atoms with Gasteiger partial charge in [-0.2, -0.15) is 5.10 Å². The molecule has 0 saturated carbocycles. The minimum atomic E-state index is 0.0218. The zero-order valence-corrected chi connectivity index (χ0v) is 15.7. The number of amides is 1. The summed E-state index contributed by atoms with van der Waals surface area (Å²) in [5.41, 5.74) is 3.28. The summed E-state index contributed by atoms with van der Waals surface area (Å²) in [5, 5.41) is 4.26. The molecule has 0 atom stereocenters. The van der Waals surface area contributed by atoms with Gasteiger partial charge in [-0.15, -0.1) is 0 Å². The second-order valence-corrected chi connectivity index (χ2v) is 7.77. The molecular weight excluding hydrogens is 326 g/mol. The Bertz CT molecular complexity index is 791. The number of hydrogen-bond acceptors (Lipinski definition) is 4. The lowest BCUT2D eigenvalue weighted by Crippen LogP contribution is -2.52. The van der Waals surface area contributed by atoms with Crippen molar-refractivity contribution >= 4 is 5.91 Å². The van der Waals surface area contributed by atoms with Crippen LogP contribution in [0.4, 0.5) is 0 Å². The normalized spacial score (nSPS) is 20.2. The van der Waals surface area contributed by atoms with E-state index in [4.69, 9.17) is 0 Å². The first-order valence-corrected chi connectivity index (χ1v) is 9.47. The first kappa shape index (κ1) is 17.2. The van der Waals surface area contributed by atoms with Crippen LogP contribution in [0.3, 0.4) is 0 Å². The van der Waals surface area contributed by atoms with Crippen molar-refractivity contribution in [1.82, 2.24) is 24.6 Å². The molecule has 2 fully saturated rings. The third-order valence-electron chi connectivity index (χ3n) is 5.90. The van der Waals surface area contributed by atoms with Crippen molar-refractivity contribution in [3.63, 3.8) is 0 Å². The first-order chi connectivity index (χ1) is 12.5. The minimum Gasteiger partial charge on any atom is -0.331 e. The smallest absolute Gasteiger partial charge is 0.223 e. The molecule has 6 heteroatoms. The zero-order valence-electron chi connectivity index (χ0n) is 15.7. The molecule has 2 aliphatic heterocycles. The van der Waals surface area contributed by atoms with Crippen LogP contribution in [0.5, 0.6) is 0 Å². The Morgan fingerprint density at radius 1 is 1.15 bits per heavy atom. The highest BCUT2D eigenvalue weighted by atomic mass is 16.2. The van der Waals surface area contributed by atoms with Gasteiger partial charge in [0.25, 0.3) is 0 Å². The average Bonchev–Trinajstić information content (AvgIpc) is 3.16. The molecule has 1 amide bonds. The number of pyridine rings is 1. The summed E-state index contributed by atoms with van der Waals surface area (Å²) in [6.45, 7) is 5.64. The molecule has 4 rings (SSSR count). The summed E-state index contributed by atoms with van der Waals surface area (Å²) in [6, 6.07) is 6.06. The molecule has 0 aromatic carbocycles. The van der Waals surface area contributed by atoms with Crippen molar-refractivity contribution in [2.45, 2.75) is 51.2 Å². The Morgan fingerprint density at radius 2 is 1.96 bits per heavy atom. The Kier molecular flexibility index (Phi) is 4.53. The van der Waals surface area contributed by atoms with Gasteiger partial charge in [0.05, 0.1) is 18.4 Å². The van der Waals surface area contributed by atoms with Crippen LogP contribution in [0, 0.1) is 6.92 Å². The molecule has 4 heterocycles. The van der Waals surface area contributed by atoms with Gasteiger partial charge >= 0.3 is 0 Å².